The Kier molecular flexibility index (Phi) is 4.18. The Labute approximate surface area is 170 Å². The normalized spacial score (nSPS) is 28.9. The molecule has 2 unspecified atom stereocenters. The van der Waals surface area contributed by atoms with Crippen molar-refractivity contribution >= 4 is 16.7 Å². The molecule has 0 spiro atoms. The third-order valence-corrected chi connectivity index (χ3v) is 6.72. The maximum absolute atomic E-state index is 6.50. The van der Waals surface area contributed by atoms with E-state index in [9.17, 15) is 0 Å². The summed E-state index contributed by atoms with van der Waals surface area (Å²) in [5.41, 5.74) is 0.956. The molecule has 2 bridgehead atoms. The fourth-order valence-corrected chi connectivity index (χ4v) is 5.16. The topological polar surface area (TPSA) is 52.4 Å². The number of nitrogens with zero attached hydrogens (tertiary/aromatic N) is 4. The van der Waals surface area contributed by atoms with Gasteiger partial charge in [0.2, 0.25) is 5.88 Å². The Morgan fingerprint density at radius 2 is 1.90 bits per heavy atom. The molecule has 2 atom stereocenters. The second-order valence-electron chi connectivity index (χ2n) is 8.53. The van der Waals surface area contributed by atoms with Gasteiger partial charge in [0.25, 0.3) is 0 Å². The Bertz CT molecular complexity index is 997. The molecule has 29 heavy (non-hydrogen) atoms. The van der Waals surface area contributed by atoms with Crippen LogP contribution in [0.5, 0.6) is 5.88 Å². The van der Waals surface area contributed by atoms with E-state index in [1.807, 2.05) is 12.3 Å². The van der Waals surface area contributed by atoms with E-state index in [1.54, 1.807) is 0 Å². The summed E-state index contributed by atoms with van der Waals surface area (Å²) in [6.07, 6.45) is 12.2. The highest BCUT2D eigenvalue weighted by Crippen LogP contribution is 2.36. The Morgan fingerprint density at radius 3 is 2.66 bits per heavy atom. The molecule has 3 aliphatic rings. The first-order valence-electron chi connectivity index (χ1n) is 10.8. The van der Waals surface area contributed by atoms with E-state index in [-0.39, 0.29) is 6.10 Å². The van der Waals surface area contributed by atoms with Crippen LogP contribution in [0.3, 0.4) is 0 Å². The van der Waals surface area contributed by atoms with Crippen LogP contribution in [0.25, 0.3) is 10.9 Å². The molecule has 6 rings (SSSR count). The number of fused-ring (bicyclic) bond motifs is 3. The molecular formula is C23H26N4O2. The summed E-state index contributed by atoms with van der Waals surface area (Å²) in [6.45, 7) is 1.71. The van der Waals surface area contributed by atoms with E-state index >= 15 is 0 Å². The van der Waals surface area contributed by atoms with Crippen LogP contribution in [-0.2, 0) is 4.74 Å². The Hall–Kier alpha value is -2.60. The van der Waals surface area contributed by atoms with Crippen molar-refractivity contribution < 1.29 is 9.47 Å². The van der Waals surface area contributed by atoms with Crippen molar-refractivity contribution in [2.24, 2.45) is 0 Å². The highest BCUT2D eigenvalue weighted by molar-refractivity contribution is 5.85. The standard InChI is InChI=1S/C23H26N4O2/c1-2-11-26(10-1)16-5-7-18(8-6-16)29-23-20-4-3-9-24-21(20)13-22(25-23)27-14-19-12-17(27)15-28-19/h1-4,9-11,13,16-19H,5-8,12,14-15H2/t16-,17?,18+,19?. The van der Waals surface area contributed by atoms with E-state index in [4.69, 9.17) is 14.5 Å². The third kappa shape index (κ3) is 3.15. The molecule has 2 saturated heterocycles. The molecule has 3 aromatic heterocycles. The molecule has 6 heteroatoms. The molecule has 0 amide bonds. The number of hydrogen-bond acceptors (Lipinski definition) is 5. The van der Waals surface area contributed by atoms with Crippen molar-refractivity contribution in [1.29, 1.82) is 0 Å². The lowest BCUT2D eigenvalue weighted by molar-refractivity contribution is 0.0986. The summed E-state index contributed by atoms with van der Waals surface area (Å²) in [4.78, 5) is 11.9. The van der Waals surface area contributed by atoms with E-state index in [2.05, 4.69) is 51.1 Å². The van der Waals surface area contributed by atoms with Crippen molar-refractivity contribution in [1.82, 2.24) is 14.5 Å². The number of ether oxygens (including phenoxy) is 2. The van der Waals surface area contributed by atoms with Crippen LogP contribution >= 0.6 is 0 Å². The van der Waals surface area contributed by atoms with Crippen molar-refractivity contribution in [2.45, 2.75) is 56.4 Å². The maximum atomic E-state index is 6.50. The molecule has 1 aliphatic carbocycles. The highest BCUT2D eigenvalue weighted by Gasteiger charge is 2.40. The van der Waals surface area contributed by atoms with Gasteiger partial charge in [-0.25, -0.2) is 0 Å². The molecule has 2 aliphatic heterocycles. The summed E-state index contributed by atoms with van der Waals surface area (Å²) in [6, 6.07) is 11.4. The fourth-order valence-electron chi connectivity index (χ4n) is 5.16. The summed E-state index contributed by atoms with van der Waals surface area (Å²) in [5.74, 6) is 1.71. The van der Waals surface area contributed by atoms with Gasteiger partial charge in [-0.1, -0.05) is 0 Å². The van der Waals surface area contributed by atoms with Gasteiger partial charge in [-0.2, -0.15) is 4.98 Å². The predicted octanol–water partition coefficient (Wildman–Crippen LogP) is 3.97. The van der Waals surface area contributed by atoms with Crippen molar-refractivity contribution in [2.75, 3.05) is 18.1 Å². The van der Waals surface area contributed by atoms with Crippen LogP contribution in [0, 0.1) is 0 Å². The van der Waals surface area contributed by atoms with Crippen LogP contribution in [0.1, 0.15) is 38.1 Å². The largest absolute Gasteiger partial charge is 0.474 e. The molecule has 6 nitrogen and oxygen atoms in total. The van der Waals surface area contributed by atoms with Crippen LogP contribution in [-0.4, -0.2) is 45.9 Å². The second-order valence-corrected chi connectivity index (χ2v) is 8.53. The number of pyridine rings is 2. The minimum atomic E-state index is 0.214. The van der Waals surface area contributed by atoms with Crippen LogP contribution in [0.4, 0.5) is 5.82 Å². The van der Waals surface area contributed by atoms with Crippen LogP contribution < -0.4 is 9.64 Å². The van der Waals surface area contributed by atoms with E-state index in [0.29, 0.717) is 18.2 Å². The zero-order valence-electron chi connectivity index (χ0n) is 16.5. The number of aromatic nitrogens is 3. The SMILES string of the molecule is c1cnc2cc(N3CC4CC3CO4)nc(O[C@H]3CC[C@@H](n4cccc4)CC3)c2c1. The van der Waals surface area contributed by atoms with Gasteiger partial charge >= 0.3 is 0 Å². The summed E-state index contributed by atoms with van der Waals surface area (Å²) in [7, 11) is 0. The third-order valence-electron chi connectivity index (χ3n) is 6.72. The lowest BCUT2D eigenvalue weighted by Gasteiger charge is -2.31. The number of hydrogen-bond donors (Lipinski definition) is 0. The molecule has 0 N–H and O–H groups in total. The van der Waals surface area contributed by atoms with Crippen molar-refractivity contribution in [3.63, 3.8) is 0 Å². The van der Waals surface area contributed by atoms with Crippen LogP contribution in [0.15, 0.2) is 48.9 Å². The lowest BCUT2D eigenvalue weighted by Crippen LogP contribution is -2.37. The quantitative estimate of drug-likeness (QED) is 0.675. The van der Waals surface area contributed by atoms with Gasteiger partial charge in [0.15, 0.2) is 0 Å². The average Bonchev–Trinajstić information content (AvgIpc) is 3.53. The van der Waals surface area contributed by atoms with Gasteiger partial charge in [0.1, 0.15) is 11.9 Å². The van der Waals surface area contributed by atoms with E-state index in [1.165, 1.54) is 0 Å². The molecule has 1 saturated carbocycles. The number of rotatable bonds is 4. The Balaban J connectivity index is 1.25. The monoisotopic (exact) mass is 390 g/mol. The Morgan fingerprint density at radius 1 is 1.03 bits per heavy atom. The highest BCUT2D eigenvalue weighted by atomic mass is 16.5. The van der Waals surface area contributed by atoms with Crippen molar-refractivity contribution in [3.05, 3.63) is 48.9 Å². The molecule has 3 fully saturated rings. The average molecular weight is 390 g/mol. The van der Waals surface area contributed by atoms with E-state index in [0.717, 1.165) is 67.9 Å². The van der Waals surface area contributed by atoms with Crippen molar-refractivity contribution in [3.8, 4) is 5.88 Å². The predicted molar refractivity (Wildman–Crippen MR) is 111 cm³/mol. The summed E-state index contributed by atoms with van der Waals surface area (Å²) in [5, 5.41) is 1.00. The molecule has 0 radical (unpaired) electrons. The molecule has 3 aromatic rings. The van der Waals surface area contributed by atoms with Gasteiger partial charge in [-0.15, -0.1) is 0 Å². The smallest absolute Gasteiger partial charge is 0.225 e. The van der Waals surface area contributed by atoms with Crippen LogP contribution in [0.2, 0.25) is 0 Å². The van der Waals surface area contributed by atoms with E-state index < -0.39 is 0 Å². The van der Waals surface area contributed by atoms with Gasteiger partial charge in [0, 0.05) is 37.2 Å². The zero-order valence-corrected chi connectivity index (χ0v) is 16.5. The first-order valence-corrected chi connectivity index (χ1v) is 10.8. The molecule has 0 aromatic carbocycles. The number of anilines is 1. The van der Waals surface area contributed by atoms with Gasteiger partial charge in [-0.3, -0.25) is 4.98 Å². The first-order chi connectivity index (χ1) is 14.3. The second kappa shape index (κ2) is 7.02. The fraction of sp³-hybridized carbons (Fsp3) is 0.478. The van der Waals surface area contributed by atoms with Gasteiger partial charge in [0.05, 0.1) is 29.7 Å². The number of morpholine rings is 1. The summed E-state index contributed by atoms with van der Waals surface area (Å²) < 4.78 is 14.6. The lowest BCUT2D eigenvalue weighted by atomic mass is 9.93. The zero-order chi connectivity index (χ0) is 19.2. The molecule has 150 valence electrons. The van der Waals surface area contributed by atoms with Gasteiger partial charge < -0.3 is 18.9 Å². The first kappa shape index (κ1) is 17.3. The molecular weight excluding hydrogens is 364 g/mol. The maximum Gasteiger partial charge on any atom is 0.225 e. The van der Waals surface area contributed by atoms with Gasteiger partial charge in [-0.05, 0) is 56.4 Å². The molecule has 5 heterocycles. The summed E-state index contributed by atoms with van der Waals surface area (Å²) >= 11 is 0. The minimum absolute atomic E-state index is 0.214. The minimum Gasteiger partial charge on any atom is -0.474 e.